The van der Waals surface area contributed by atoms with Crippen LogP contribution >= 0.6 is 0 Å². The fraction of sp³-hybridized carbons (Fsp3) is 0.308. The van der Waals surface area contributed by atoms with Crippen LogP contribution in [0, 0.1) is 6.92 Å². The average molecular weight is 294 g/mol. The third-order valence-corrected chi connectivity index (χ3v) is 4.29. The second kappa shape index (κ2) is 5.26. The minimum Gasteiger partial charge on any atom is -0.337 e. The molecule has 1 unspecified atom stereocenters. The van der Waals surface area contributed by atoms with Crippen molar-refractivity contribution in [1.29, 1.82) is 0 Å². The first-order valence-corrected chi connectivity index (χ1v) is 7.67. The lowest BCUT2D eigenvalue weighted by atomic mass is 10.1. The average Bonchev–Trinajstić information content (AvgIpc) is 2.70. The molecule has 7 heteroatoms. The largest absolute Gasteiger partial charge is 0.337 e. The molecule has 1 aromatic carbocycles. The van der Waals surface area contributed by atoms with E-state index in [1.54, 1.807) is 43.7 Å². The van der Waals surface area contributed by atoms with E-state index in [2.05, 4.69) is 9.71 Å². The Kier molecular flexibility index (Phi) is 3.82. The van der Waals surface area contributed by atoms with Gasteiger partial charge in [0.25, 0.3) is 10.0 Å². The summed E-state index contributed by atoms with van der Waals surface area (Å²) in [5, 5.41) is -0.00280. The Morgan fingerprint density at radius 1 is 1.35 bits per heavy atom. The van der Waals surface area contributed by atoms with Gasteiger partial charge in [-0.3, -0.25) is 4.72 Å². The summed E-state index contributed by atoms with van der Waals surface area (Å²) in [6.07, 6.45) is 1.48. The van der Waals surface area contributed by atoms with Crippen LogP contribution in [0.15, 0.2) is 35.5 Å². The molecular weight excluding hydrogens is 276 g/mol. The highest BCUT2D eigenvalue weighted by Gasteiger charge is 2.20. The van der Waals surface area contributed by atoms with E-state index in [0.717, 1.165) is 5.56 Å². The van der Waals surface area contributed by atoms with Gasteiger partial charge in [0, 0.05) is 19.3 Å². The predicted octanol–water partition coefficient (Wildman–Crippen LogP) is 1.55. The van der Waals surface area contributed by atoms with E-state index in [4.69, 9.17) is 5.73 Å². The second-order valence-electron chi connectivity index (χ2n) is 4.72. The van der Waals surface area contributed by atoms with Crippen molar-refractivity contribution < 1.29 is 8.42 Å². The summed E-state index contributed by atoms with van der Waals surface area (Å²) in [6.45, 7) is 3.55. The van der Waals surface area contributed by atoms with E-state index < -0.39 is 10.0 Å². The summed E-state index contributed by atoms with van der Waals surface area (Å²) >= 11 is 0. The number of aromatic nitrogens is 2. The van der Waals surface area contributed by atoms with Crippen LogP contribution in [0.25, 0.3) is 0 Å². The van der Waals surface area contributed by atoms with Gasteiger partial charge in [0.2, 0.25) is 0 Å². The fourth-order valence-corrected chi connectivity index (χ4v) is 2.97. The highest BCUT2D eigenvalue weighted by molar-refractivity contribution is 7.92. The van der Waals surface area contributed by atoms with Crippen molar-refractivity contribution >= 4 is 15.7 Å². The quantitative estimate of drug-likeness (QED) is 0.895. The van der Waals surface area contributed by atoms with Crippen LogP contribution in [0.2, 0.25) is 0 Å². The van der Waals surface area contributed by atoms with Gasteiger partial charge in [-0.15, -0.1) is 0 Å². The highest BCUT2D eigenvalue weighted by atomic mass is 32.2. The lowest BCUT2D eigenvalue weighted by molar-refractivity contribution is 0.598. The molecule has 1 heterocycles. The smallest absolute Gasteiger partial charge is 0.280 e. The van der Waals surface area contributed by atoms with Gasteiger partial charge in [-0.25, -0.2) is 4.98 Å². The summed E-state index contributed by atoms with van der Waals surface area (Å²) in [6, 6.07) is 6.80. The molecule has 108 valence electrons. The molecule has 0 aliphatic carbocycles. The first-order valence-electron chi connectivity index (χ1n) is 6.18. The van der Waals surface area contributed by atoms with E-state index in [-0.39, 0.29) is 11.1 Å². The Labute approximate surface area is 118 Å². The summed E-state index contributed by atoms with van der Waals surface area (Å²) in [5.74, 6) is 0.630. The van der Waals surface area contributed by atoms with Crippen LogP contribution in [0.3, 0.4) is 0 Å². The van der Waals surface area contributed by atoms with E-state index in [1.165, 1.54) is 6.20 Å². The molecule has 0 spiro atoms. The zero-order chi connectivity index (χ0) is 14.9. The van der Waals surface area contributed by atoms with Gasteiger partial charge in [0.05, 0.1) is 5.69 Å². The lowest BCUT2D eigenvalue weighted by Gasteiger charge is -2.13. The monoisotopic (exact) mass is 294 g/mol. The molecule has 0 aliphatic heterocycles. The van der Waals surface area contributed by atoms with Crippen LogP contribution in [0.4, 0.5) is 5.69 Å². The van der Waals surface area contributed by atoms with E-state index in [0.29, 0.717) is 11.5 Å². The van der Waals surface area contributed by atoms with Crippen LogP contribution in [0.1, 0.15) is 24.4 Å². The first-order chi connectivity index (χ1) is 9.31. The van der Waals surface area contributed by atoms with E-state index in [9.17, 15) is 8.42 Å². The number of aryl methyl sites for hydroxylation is 2. The van der Waals surface area contributed by atoms with Crippen molar-refractivity contribution in [1.82, 2.24) is 9.55 Å². The molecule has 0 bridgehead atoms. The summed E-state index contributed by atoms with van der Waals surface area (Å²) < 4.78 is 28.8. The number of nitrogens with zero attached hydrogens (tertiary/aromatic N) is 2. The molecule has 0 saturated carbocycles. The third kappa shape index (κ3) is 2.83. The number of hydrogen-bond donors (Lipinski definition) is 2. The zero-order valence-corrected chi connectivity index (χ0v) is 12.5. The molecule has 0 amide bonds. The standard InChI is InChI=1S/C13H18N4O2S/c1-9(14)11-6-4-5-7-12(11)16-20(18,19)13-8-17(3)10(2)15-13/h4-9,16H,14H2,1-3H3. The molecule has 0 fully saturated rings. The number of para-hydroxylation sites is 1. The predicted molar refractivity (Wildman–Crippen MR) is 77.8 cm³/mol. The number of sulfonamides is 1. The molecule has 0 saturated heterocycles. The van der Waals surface area contributed by atoms with Crippen LogP contribution in [0.5, 0.6) is 0 Å². The molecule has 3 N–H and O–H groups in total. The number of hydrogen-bond acceptors (Lipinski definition) is 4. The number of nitrogens with one attached hydrogen (secondary N) is 1. The van der Waals surface area contributed by atoms with Gasteiger partial charge < -0.3 is 10.3 Å². The van der Waals surface area contributed by atoms with Gasteiger partial charge in [-0.2, -0.15) is 8.42 Å². The molecule has 0 aliphatic rings. The fourth-order valence-electron chi connectivity index (χ4n) is 1.84. The Balaban J connectivity index is 2.38. The van der Waals surface area contributed by atoms with Crippen LogP contribution in [-0.4, -0.2) is 18.0 Å². The summed E-state index contributed by atoms with van der Waals surface area (Å²) in [7, 11) is -1.96. The molecule has 2 aromatic rings. The number of nitrogens with two attached hydrogens (primary N) is 1. The summed E-state index contributed by atoms with van der Waals surface area (Å²) in [4.78, 5) is 4.03. The van der Waals surface area contributed by atoms with Crippen molar-refractivity contribution in [2.24, 2.45) is 12.8 Å². The Bertz CT molecular complexity index is 700. The van der Waals surface area contributed by atoms with Crippen molar-refractivity contribution in [3.05, 3.63) is 41.9 Å². The van der Waals surface area contributed by atoms with Crippen LogP contribution < -0.4 is 10.5 Å². The minimum absolute atomic E-state index is 0.00280. The molecular formula is C13H18N4O2S. The van der Waals surface area contributed by atoms with E-state index >= 15 is 0 Å². The summed E-state index contributed by atoms with van der Waals surface area (Å²) in [5.41, 5.74) is 7.06. The van der Waals surface area contributed by atoms with Crippen LogP contribution in [-0.2, 0) is 17.1 Å². The maximum Gasteiger partial charge on any atom is 0.280 e. The zero-order valence-electron chi connectivity index (χ0n) is 11.7. The molecule has 1 atom stereocenters. The van der Waals surface area contributed by atoms with E-state index in [1.807, 2.05) is 6.07 Å². The maximum absolute atomic E-state index is 12.3. The molecule has 2 rings (SSSR count). The molecule has 0 radical (unpaired) electrons. The van der Waals surface area contributed by atoms with Gasteiger partial charge in [0.1, 0.15) is 5.82 Å². The van der Waals surface area contributed by atoms with Gasteiger partial charge in [0.15, 0.2) is 5.03 Å². The van der Waals surface area contributed by atoms with Gasteiger partial charge >= 0.3 is 0 Å². The molecule has 6 nitrogen and oxygen atoms in total. The third-order valence-electron chi connectivity index (χ3n) is 3.06. The van der Waals surface area contributed by atoms with Crippen molar-refractivity contribution in [2.45, 2.75) is 24.9 Å². The first kappa shape index (κ1) is 14.5. The second-order valence-corrected chi connectivity index (χ2v) is 6.35. The SMILES string of the molecule is Cc1nc(S(=O)(=O)Nc2ccccc2C(C)N)cn1C. The normalized spacial score (nSPS) is 13.2. The Morgan fingerprint density at radius 2 is 2.00 bits per heavy atom. The van der Waals surface area contributed by atoms with Gasteiger partial charge in [-0.1, -0.05) is 18.2 Å². The Hall–Kier alpha value is -1.86. The number of benzene rings is 1. The Morgan fingerprint density at radius 3 is 2.55 bits per heavy atom. The molecule has 1 aromatic heterocycles. The number of imidazole rings is 1. The topological polar surface area (TPSA) is 90.0 Å². The molecule has 20 heavy (non-hydrogen) atoms. The van der Waals surface area contributed by atoms with Gasteiger partial charge in [-0.05, 0) is 25.5 Å². The maximum atomic E-state index is 12.3. The van der Waals surface area contributed by atoms with Crippen molar-refractivity contribution in [2.75, 3.05) is 4.72 Å². The highest BCUT2D eigenvalue weighted by Crippen LogP contribution is 2.23. The lowest BCUT2D eigenvalue weighted by Crippen LogP contribution is -2.16. The van der Waals surface area contributed by atoms with Crippen molar-refractivity contribution in [3.8, 4) is 0 Å². The number of rotatable bonds is 4. The van der Waals surface area contributed by atoms with Crippen molar-refractivity contribution in [3.63, 3.8) is 0 Å². The number of anilines is 1. The minimum atomic E-state index is -3.71.